The average molecular weight is 425 g/mol. The maximum atomic E-state index is 12.8. The van der Waals surface area contributed by atoms with E-state index in [2.05, 4.69) is 27.8 Å². The predicted molar refractivity (Wildman–Crippen MR) is 109 cm³/mol. The number of hydrogen-bond donors (Lipinski definition) is 1. The number of fused-ring (bicyclic) bond motifs is 1. The molecule has 2 aliphatic rings. The zero-order valence-corrected chi connectivity index (χ0v) is 16.5. The Kier molecular flexibility index (Phi) is 4.87. The molecule has 1 fully saturated rings. The molecular weight excluding hydrogens is 404 g/mol. The van der Waals surface area contributed by atoms with Crippen molar-refractivity contribution < 1.29 is 9.59 Å². The van der Waals surface area contributed by atoms with Gasteiger partial charge in [-0.2, -0.15) is 0 Å². The van der Waals surface area contributed by atoms with E-state index in [-0.39, 0.29) is 24.4 Å². The Morgan fingerprint density at radius 1 is 1.15 bits per heavy atom. The Morgan fingerprint density at radius 3 is 2.41 bits per heavy atom. The van der Waals surface area contributed by atoms with Gasteiger partial charge >= 0.3 is 0 Å². The van der Waals surface area contributed by atoms with Gasteiger partial charge in [0.15, 0.2) is 0 Å². The van der Waals surface area contributed by atoms with E-state index in [9.17, 15) is 9.59 Å². The van der Waals surface area contributed by atoms with Crippen LogP contribution in [-0.4, -0.2) is 23.3 Å². The first kappa shape index (κ1) is 18.0. The highest BCUT2D eigenvalue weighted by molar-refractivity contribution is 9.10. The minimum Gasteiger partial charge on any atom is -0.347 e. The van der Waals surface area contributed by atoms with Gasteiger partial charge in [0.1, 0.15) is 6.54 Å². The van der Waals surface area contributed by atoms with Crippen molar-refractivity contribution in [3.8, 4) is 0 Å². The zero-order valence-electron chi connectivity index (χ0n) is 15.0. The lowest BCUT2D eigenvalue weighted by Crippen LogP contribution is -2.42. The third-order valence-electron chi connectivity index (χ3n) is 5.51. The third kappa shape index (κ3) is 3.44. The number of amides is 2. The highest BCUT2D eigenvalue weighted by atomic mass is 79.9. The third-order valence-corrected chi connectivity index (χ3v) is 6.04. The van der Waals surface area contributed by atoms with Crippen molar-refractivity contribution in [1.82, 2.24) is 10.2 Å². The summed E-state index contributed by atoms with van der Waals surface area (Å²) in [6, 6.07) is 15.4. The number of rotatable bonds is 5. The summed E-state index contributed by atoms with van der Waals surface area (Å²) in [5.74, 6) is 0.136. The first-order valence-corrected chi connectivity index (χ1v) is 9.99. The molecule has 5 heteroatoms. The highest BCUT2D eigenvalue weighted by Crippen LogP contribution is 2.38. The maximum absolute atomic E-state index is 12.8. The molecular formula is C22H21BrN2O2. The van der Waals surface area contributed by atoms with Crippen LogP contribution in [0.1, 0.15) is 46.8 Å². The molecule has 4 nitrogen and oxygen atoms in total. The number of carbonyl (C=O) groups excluding carboxylic acids is 2. The molecule has 1 heterocycles. The van der Waals surface area contributed by atoms with Crippen LogP contribution in [0.3, 0.4) is 0 Å². The number of nitrogens with one attached hydrogen (secondary N) is 1. The van der Waals surface area contributed by atoms with Crippen molar-refractivity contribution in [2.45, 2.75) is 25.3 Å². The average Bonchev–Trinajstić information content (AvgIpc) is 2.86. The lowest BCUT2D eigenvalue weighted by atomic mass is 9.77. The quantitative estimate of drug-likeness (QED) is 0.765. The topological polar surface area (TPSA) is 49.4 Å². The molecule has 27 heavy (non-hydrogen) atoms. The van der Waals surface area contributed by atoms with Crippen molar-refractivity contribution in [3.63, 3.8) is 0 Å². The highest BCUT2D eigenvalue weighted by Gasteiger charge is 2.34. The second kappa shape index (κ2) is 7.31. The number of carbonyl (C=O) groups is 2. The summed E-state index contributed by atoms with van der Waals surface area (Å²) in [6.45, 7) is 4.00. The van der Waals surface area contributed by atoms with Crippen LogP contribution in [0.15, 0.2) is 59.6 Å². The number of nitrogens with zero attached hydrogens (tertiary/aromatic N) is 1. The van der Waals surface area contributed by atoms with Gasteiger partial charge in [0.2, 0.25) is 5.91 Å². The Morgan fingerprint density at radius 2 is 1.81 bits per heavy atom. The molecule has 1 N–H and O–H groups in total. The molecule has 2 aromatic carbocycles. The first-order chi connectivity index (χ1) is 13.0. The molecule has 0 radical (unpaired) electrons. The summed E-state index contributed by atoms with van der Waals surface area (Å²) in [5.41, 5.74) is 3.11. The van der Waals surface area contributed by atoms with E-state index >= 15 is 0 Å². The van der Waals surface area contributed by atoms with E-state index in [0.29, 0.717) is 17.2 Å². The monoisotopic (exact) mass is 424 g/mol. The second-order valence-corrected chi connectivity index (χ2v) is 8.09. The fourth-order valence-corrected chi connectivity index (χ4v) is 4.05. The van der Waals surface area contributed by atoms with E-state index in [1.165, 1.54) is 11.3 Å². The fraction of sp³-hybridized carbons (Fsp3) is 0.273. The van der Waals surface area contributed by atoms with Crippen LogP contribution >= 0.6 is 15.9 Å². The molecule has 1 aliphatic heterocycles. The van der Waals surface area contributed by atoms with E-state index in [1.54, 1.807) is 6.07 Å². The van der Waals surface area contributed by atoms with Crippen LogP contribution in [0.2, 0.25) is 0 Å². The Labute approximate surface area is 167 Å². The van der Waals surface area contributed by atoms with Crippen molar-refractivity contribution >= 4 is 33.4 Å². The fourth-order valence-electron chi connectivity index (χ4n) is 3.78. The minimum absolute atomic E-state index is 0.00784. The number of benzene rings is 2. The van der Waals surface area contributed by atoms with Crippen LogP contribution in [0.25, 0.3) is 5.70 Å². The summed E-state index contributed by atoms with van der Waals surface area (Å²) in [6.07, 6.45) is 3.42. The Balaban J connectivity index is 1.48. The number of hydrogen-bond acceptors (Lipinski definition) is 2. The molecule has 2 amide bonds. The molecule has 2 aromatic rings. The van der Waals surface area contributed by atoms with Crippen molar-refractivity contribution in [1.29, 1.82) is 0 Å². The van der Waals surface area contributed by atoms with Gasteiger partial charge in [-0.3, -0.25) is 14.5 Å². The van der Waals surface area contributed by atoms with Gasteiger partial charge in [0.25, 0.3) is 5.91 Å². The predicted octanol–water partition coefficient (Wildman–Crippen LogP) is 4.53. The summed E-state index contributed by atoms with van der Waals surface area (Å²) in [4.78, 5) is 26.9. The summed E-state index contributed by atoms with van der Waals surface area (Å²) in [5, 5.41) is 3.16. The molecule has 0 spiro atoms. The lowest BCUT2D eigenvalue weighted by Gasteiger charge is -2.35. The van der Waals surface area contributed by atoms with Crippen molar-refractivity contribution in [2.24, 2.45) is 5.92 Å². The molecule has 4 rings (SSSR count). The van der Waals surface area contributed by atoms with Gasteiger partial charge in [-0.15, -0.1) is 0 Å². The van der Waals surface area contributed by atoms with Crippen LogP contribution in [0, 0.1) is 5.92 Å². The van der Waals surface area contributed by atoms with Crippen molar-refractivity contribution in [2.75, 3.05) is 6.54 Å². The van der Waals surface area contributed by atoms with Crippen molar-refractivity contribution in [3.05, 3.63) is 76.3 Å². The van der Waals surface area contributed by atoms with Gasteiger partial charge in [0.05, 0.1) is 6.04 Å². The zero-order chi connectivity index (χ0) is 19.0. The lowest BCUT2D eigenvalue weighted by molar-refractivity contribution is -0.122. The molecule has 0 aromatic heterocycles. The summed E-state index contributed by atoms with van der Waals surface area (Å²) < 4.78 is 1.02. The van der Waals surface area contributed by atoms with E-state index in [0.717, 1.165) is 28.4 Å². The van der Waals surface area contributed by atoms with E-state index in [1.807, 2.05) is 42.5 Å². The van der Waals surface area contributed by atoms with Crippen LogP contribution in [0.4, 0.5) is 0 Å². The molecule has 1 aliphatic carbocycles. The van der Waals surface area contributed by atoms with Gasteiger partial charge < -0.3 is 5.32 Å². The smallest absolute Gasteiger partial charge is 0.259 e. The van der Waals surface area contributed by atoms with Gasteiger partial charge in [0, 0.05) is 21.3 Å². The largest absolute Gasteiger partial charge is 0.347 e. The Hall–Kier alpha value is -2.40. The second-order valence-electron chi connectivity index (χ2n) is 7.17. The first-order valence-electron chi connectivity index (χ1n) is 9.19. The minimum atomic E-state index is -0.158. The van der Waals surface area contributed by atoms with Crippen LogP contribution in [0.5, 0.6) is 0 Å². The maximum Gasteiger partial charge on any atom is 0.259 e. The standard InChI is InChI=1S/C22H21BrN2O2/c1-14-18-7-2-3-8-19(18)22(27)25(14)13-20(26)24-21(15-5-4-6-15)16-9-11-17(23)12-10-16/h2-3,7-12,15,21H,1,4-6,13H2,(H,24,26)/t21-/m0/s1. The molecule has 1 saturated carbocycles. The van der Waals surface area contributed by atoms with Gasteiger partial charge in [-0.25, -0.2) is 0 Å². The van der Waals surface area contributed by atoms with E-state index in [4.69, 9.17) is 0 Å². The van der Waals surface area contributed by atoms with Gasteiger partial charge in [-0.1, -0.05) is 59.3 Å². The molecule has 1 atom stereocenters. The van der Waals surface area contributed by atoms with Crippen LogP contribution in [-0.2, 0) is 4.79 Å². The van der Waals surface area contributed by atoms with Crippen LogP contribution < -0.4 is 5.32 Å². The number of halogens is 1. The molecule has 0 unspecified atom stereocenters. The molecule has 138 valence electrons. The molecule has 0 saturated heterocycles. The Bertz CT molecular complexity index is 868. The SMILES string of the molecule is C=C1c2ccccc2C(=O)N1CC(=O)N[C@H](c1ccc(Br)cc1)C1CCC1. The summed E-state index contributed by atoms with van der Waals surface area (Å²) >= 11 is 3.46. The van der Waals surface area contributed by atoms with E-state index < -0.39 is 0 Å². The summed E-state index contributed by atoms with van der Waals surface area (Å²) in [7, 11) is 0. The molecule has 0 bridgehead atoms. The normalized spacial score (nSPS) is 17.4. The van der Waals surface area contributed by atoms with Gasteiger partial charge in [-0.05, 0) is 42.5 Å².